The minimum atomic E-state index is -0.816. The molecule has 0 atom stereocenters. The van der Waals surface area contributed by atoms with Gasteiger partial charge in [-0.3, -0.25) is 9.48 Å². The summed E-state index contributed by atoms with van der Waals surface area (Å²) >= 11 is 1.28. The number of carboxylic acid groups (broad SMARTS) is 1. The average Bonchev–Trinajstić information content (AvgIpc) is 3.00. The summed E-state index contributed by atoms with van der Waals surface area (Å²) in [5.41, 5.74) is 2.78. The number of hydrogen-bond donors (Lipinski definition) is 1. The monoisotopic (exact) mass is 266 g/mol. The SMILES string of the molecule is Cc1nn(C)c2c1nc(SCC(=O)O)n2C1CC1. The number of thioether (sulfide) groups is 1. The second-order valence-electron chi connectivity index (χ2n) is 4.56. The maximum Gasteiger partial charge on any atom is 0.313 e. The molecular formula is C11H14N4O2S. The third kappa shape index (κ3) is 1.78. The van der Waals surface area contributed by atoms with Gasteiger partial charge < -0.3 is 9.67 Å². The molecule has 2 aromatic heterocycles. The van der Waals surface area contributed by atoms with Gasteiger partial charge in [0.1, 0.15) is 5.52 Å². The Labute approximate surface area is 108 Å². The second-order valence-corrected chi connectivity index (χ2v) is 5.50. The Bertz CT molecular complexity index is 627. The normalized spacial score (nSPS) is 15.4. The van der Waals surface area contributed by atoms with E-state index in [1.807, 2.05) is 18.7 Å². The van der Waals surface area contributed by atoms with Crippen molar-refractivity contribution in [3.05, 3.63) is 5.69 Å². The first kappa shape index (κ1) is 11.6. The smallest absolute Gasteiger partial charge is 0.313 e. The molecule has 1 aliphatic rings. The number of aromatic nitrogens is 4. The Balaban J connectivity index is 2.09. The van der Waals surface area contributed by atoms with Crippen molar-refractivity contribution in [1.82, 2.24) is 19.3 Å². The van der Waals surface area contributed by atoms with E-state index in [1.54, 1.807) is 0 Å². The van der Waals surface area contributed by atoms with Crippen LogP contribution in [0.15, 0.2) is 5.16 Å². The van der Waals surface area contributed by atoms with Gasteiger partial charge in [-0.15, -0.1) is 0 Å². The Hall–Kier alpha value is -1.50. The lowest BCUT2D eigenvalue weighted by molar-refractivity contribution is -0.133. The highest BCUT2D eigenvalue weighted by Gasteiger charge is 2.30. The van der Waals surface area contributed by atoms with Gasteiger partial charge in [-0.25, -0.2) is 4.98 Å². The van der Waals surface area contributed by atoms with Crippen molar-refractivity contribution >= 4 is 28.9 Å². The summed E-state index contributed by atoms with van der Waals surface area (Å²) < 4.78 is 3.98. The summed E-state index contributed by atoms with van der Waals surface area (Å²) in [5, 5.41) is 13.9. The maximum atomic E-state index is 10.7. The first-order valence-corrected chi connectivity index (χ1v) is 6.82. The zero-order chi connectivity index (χ0) is 12.9. The van der Waals surface area contributed by atoms with Crippen LogP contribution in [0.2, 0.25) is 0 Å². The molecule has 0 unspecified atom stereocenters. The van der Waals surface area contributed by atoms with E-state index in [-0.39, 0.29) is 5.75 Å². The van der Waals surface area contributed by atoms with Crippen LogP contribution in [0.25, 0.3) is 11.2 Å². The van der Waals surface area contributed by atoms with Gasteiger partial charge in [0.2, 0.25) is 0 Å². The standard InChI is InChI=1S/C11H14N4O2S/c1-6-9-10(14(2)13-6)15(7-3-4-7)11(12-9)18-5-8(16)17/h7H,3-5H2,1-2H3,(H,16,17). The molecule has 18 heavy (non-hydrogen) atoms. The van der Waals surface area contributed by atoms with E-state index in [4.69, 9.17) is 5.11 Å². The van der Waals surface area contributed by atoms with E-state index >= 15 is 0 Å². The van der Waals surface area contributed by atoms with E-state index in [1.165, 1.54) is 11.8 Å². The number of carboxylic acids is 1. The topological polar surface area (TPSA) is 72.9 Å². The van der Waals surface area contributed by atoms with Gasteiger partial charge in [-0.1, -0.05) is 11.8 Å². The molecule has 7 heteroatoms. The van der Waals surface area contributed by atoms with Crippen LogP contribution in [-0.4, -0.2) is 36.2 Å². The highest BCUT2D eigenvalue weighted by atomic mass is 32.2. The zero-order valence-electron chi connectivity index (χ0n) is 10.3. The minimum Gasteiger partial charge on any atom is -0.481 e. The quantitative estimate of drug-likeness (QED) is 0.851. The summed E-state index contributed by atoms with van der Waals surface area (Å²) in [6.45, 7) is 1.93. The molecular weight excluding hydrogens is 252 g/mol. The molecule has 1 aliphatic carbocycles. The Kier molecular flexibility index (Phi) is 2.58. The molecule has 0 aromatic carbocycles. The van der Waals surface area contributed by atoms with Crippen molar-refractivity contribution in [3.8, 4) is 0 Å². The average molecular weight is 266 g/mol. The fourth-order valence-electron chi connectivity index (χ4n) is 2.17. The van der Waals surface area contributed by atoms with E-state index in [9.17, 15) is 4.79 Å². The highest BCUT2D eigenvalue weighted by molar-refractivity contribution is 7.99. The fraction of sp³-hybridized carbons (Fsp3) is 0.545. The number of aliphatic carboxylic acids is 1. The molecule has 0 saturated heterocycles. The zero-order valence-corrected chi connectivity index (χ0v) is 11.1. The number of imidazole rings is 1. The molecule has 0 amide bonds. The van der Waals surface area contributed by atoms with Crippen molar-refractivity contribution in [1.29, 1.82) is 0 Å². The summed E-state index contributed by atoms with van der Waals surface area (Å²) in [6.07, 6.45) is 2.27. The second kappa shape index (κ2) is 4.01. The van der Waals surface area contributed by atoms with E-state index < -0.39 is 5.97 Å². The van der Waals surface area contributed by atoms with Crippen LogP contribution >= 0.6 is 11.8 Å². The van der Waals surface area contributed by atoms with Gasteiger partial charge in [0.15, 0.2) is 10.8 Å². The predicted molar refractivity (Wildman–Crippen MR) is 67.9 cm³/mol. The van der Waals surface area contributed by atoms with E-state index in [0.29, 0.717) is 6.04 Å². The van der Waals surface area contributed by atoms with E-state index in [0.717, 1.165) is 34.9 Å². The highest BCUT2D eigenvalue weighted by Crippen LogP contribution is 2.41. The number of carbonyl (C=O) groups is 1. The number of hydrogen-bond acceptors (Lipinski definition) is 4. The Morgan fingerprint density at radius 1 is 1.56 bits per heavy atom. The number of nitrogens with zero attached hydrogens (tertiary/aromatic N) is 4. The van der Waals surface area contributed by atoms with Crippen LogP contribution in [0.5, 0.6) is 0 Å². The molecule has 1 fully saturated rings. The molecule has 2 aromatic rings. The molecule has 0 aliphatic heterocycles. The molecule has 6 nitrogen and oxygen atoms in total. The summed E-state index contributed by atoms with van der Waals surface area (Å²) in [7, 11) is 1.90. The lowest BCUT2D eigenvalue weighted by Crippen LogP contribution is -2.04. The van der Waals surface area contributed by atoms with Crippen molar-refractivity contribution in [2.45, 2.75) is 31.0 Å². The van der Waals surface area contributed by atoms with Crippen molar-refractivity contribution in [2.75, 3.05) is 5.75 Å². The van der Waals surface area contributed by atoms with Crippen LogP contribution in [0.4, 0.5) is 0 Å². The summed E-state index contributed by atoms with van der Waals surface area (Å²) in [6, 6.07) is 0.459. The van der Waals surface area contributed by atoms with Crippen molar-refractivity contribution in [2.24, 2.45) is 7.05 Å². The van der Waals surface area contributed by atoms with Crippen LogP contribution in [-0.2, 0) is 11.8 Å². The van der Waals surface area contributed by atoms with Crippen LogP contribution in [0.3, 0.4) is 0 Å². The van der Waals surface area contributed by atoms with Crippen molar-refractivity contribution in [3.63, 3.8) is 0 Å². The van der Waals surface area contributed by atoms with Crippen LogP contribution in [0.1, 0.15) is 24.6 Å². The molecule has 0 bridgehead atoms. The Morgan fingerprint density at radius 2 is 2.28 bits per heavy atom. The lowest BCUT2D eigenvalue weighted by Gasteiger charge is -2.06. The van der Waals surface area contributed by atoms with Gasteiger partial charge in [0.05, 0.1) is 11.4 Å². The number of rotatable bonds is 4. The molecule has 3 rings (SSSR count). The summed E-state index contributed by atoms with van der Waals surface area (Å²) in [5.74, 6) is -0.771. The molecule has 1 N–H and O–H groups in total. The van der Waals surface area contributed by atoms with Gasteiger partial charge in [0, 0.05) is 13.1 Å². The van der Waals surface area contributed by atoms with Crippen LogP contribution in [0, 0.1) is 6.92 Å². The van der Waals surface area contributed by atoms with Gasteiger partial charge >= 0.3 is 5.97 Å². The molecule has 0 spiro atoms. The third-order valence-electron chi connectivity index (χ3n) is 3.04. The fourth-order valence-corrected chi connectivity index (χ4v) is 2.95. The number of fused-ring (bicyclic) bond motifs is 1. The first-order chi connectivity index (χ1) is 8.58. The summed E-state index contributed by atoms with van der Waals surface area (Å²) in [4.78, 5) is 15.2. The minimum absolute atomic E-state index is 0.0442. The third-order valence-corrected chi connectivity index (χ3v) is 3.98. The molecule has 0 radical (unpaired) electrons. The molecule has 96 valence electrons. The Morgan fingerprint density at radius 3 is 2.89 bits per heavy atom. The first-order valence-electron chi connectivity index (χ1n) is 5.84. The lowest BCUT2D eigenvalue weighted by atomic mass is 10.4. The number of aryl methyl sites for hydroxylation is 2. The van der Waals surface area contributed by atoms with Gasteiger partial charge in [0.25, 0.3) is 0 Å². The largest absolute Gasteiger partial charge is 0.481 e. The van der Waals surface area contributed by atoms with E-state index in [2.05, 4.69) is 14.6 Å². The van der Waals surface area contributed by atoms with Gasteiger partial charge in [-0.2, -0.15) is 5.10 Å². The maximum absolute atomic E-state index is 10.7. The molecule has 2 heterocycles. The van der Waals surface area contributed by atoms with Crippen molar-refractivity contribution < 1.29 is 9.90 Å². The predicted octanol–water partition coefficient (Wildman–Crippen LogP) is 1.59. The molecule has 1 saturated carbocycles. The van der Waals surface area contributed by atoms with Gasteiger partial charge in [-0.05, 0) is 19.8 Å². The van der Waals surface area contributed by atoms with Crippen LogP contribution < -0.4 is 0 Å².